The summed E-state index contributed by atoms with van der Waals surface area (Å²) in [5.74, 6) is -0.422. The SMILES string of the molecule is O=C(NCCCO)Nc1cc(F)ccc1Br. The second-order valence-electron chi connectivity index (χ2n) is 3.08. The Kier molecular flexibility index (Phi) is 5.21. The molecule has 6 heteroatoms. The van der Waals surface area contributed by atoms with Crippen LogP contribution in [0.1, 0.15) is 6.42 Å². The highest BCUT2D eigenvalue weighted by atomic mass is 79.9. The lowest BCUT2D eigenvalue weighted by Gasteiger charge is -2.08. The lowest BCUT2D eigenvalue weighted by Crippen LogP contribution is -2.30. The molecule has 1 rings (SSSR count). The number of carbonyl (C=O) groups excluding carboxylic acids is 1. The summed E-state index contributed by atoms with van der Waals surface area (Å²) >= 11 is 3.19. The summed E-state index contributed by atoms with van der Waals surface area (Å²) in [6.07, 6.45) is 0.484. The predicted octanol–water partition coefficient (Wildman–Crippen LogP) is 2.09. The molecule has 0 aliphatic carbocycles. The van der Waals surface area contributed by atoms with E-state index in [1.807, 2.05) is 0 Å². The van der Waals surface area contributed by atoms with Crippen molar-refractivity contribution in [3.05, 3.63) is 28.5 Å². The molecule has 0 aliphatic heterocycles. The van der Waals surface area contributed by atoms with Gasteiger partial charge in [-0.15, -0.1) is 0 Å². The van der Waals surface area contributed by atoms with Crippen LogP contribution in [0.2, 0.25) is 0 Å². The minimum absolute atomic E-state index is 0.0178. The van der Waals surface area contributed by atoms with E-state index < -0.39 is 11.8 Å². The van der Waals surface area contributed by atoms with Gasteiger partial charge in [0.25, 0.3) is 0 Å². The number of amides is 2. The van der Waals surface area contributed by atoms with Gasteiger partial charge in [-0.2, -0.15) is 0 Å². The maximum Gasteiger partial charge on any atom is 0.319 e. The van der Waals surface area contributed by atoms with Crippen molar-refractivity contribution >= 4 is 27.6 Å². The molecule has 0 aromatic heterocycles. The van der Waals surface area contributed by atoms with Gasteiger partial charge >= 0.3 is 6.03 Å². The maximum absolute atomic E-state index is 12.9. The number of benzene rings is 1. The van der Waals surface area contributed by atoms with Gasteiger partial charge in [-0.25, -0.2) is 9.18 Å². The molecule has 3 N–H and O–H groups in total. The summed E-state index contributed by atoms with van der Waals surface area (Å²) in [6, 6.07) is 3.59. The van der Waals surface area contributed by atoms with E-state index in [2.05, 4.69) is 26.6 Å². The molecule has 1 aromatic carbocycles. The standard InChI is InChI=1S/C10H12BrFN2O2/c11-8-3-2-7(12)6-9(8)14-10(16)13-4-1-5-15/h2-3,6,15H,1,4-5H2,(H2,13,14,16). The largest absolute Gasteiger partial charge is 0.396 e. The van der Waals surface area contributed by atoms with Crippen LogP contribution < -0.4 is 10.6 Å². The Hall–Kier alpha value is -1.14. The van der Waals surface area contributed by atoms with Crippen LogP contribution in [-0.2, 0) is 0 Å². The van der Waals surface area contributed by atoms with Crippen LogP contribution in [0.3, 0.4) is 0 Å². The van der Waals surface area contributed by atoms with Crippen LogP contribution in [-0.4, -0.2) is 24.3 Å². The molecule has 0 spiro atoms. The molecule has 0 atom stereocenters. The van der Waals surface area contributed by atoms with Gasteiger partial charge in [0.05, 0.1) is 5.69 Å². The van der Waals surface area contributed by atoms with E-state index in [-0.39, 0.29) is 6.61 Å². The molecule has 0 radical (unpaired) electrons. The molecule has 0 aliphatic rings. The van der Waals surface area contributed by atoms with Gasteiger partial charge in [0.1, 0.15) is 5.82 Å². The monoisotopic (exact) mass is 290 g/mol. The highest BCUT2D eigenvalue weighted by Gasteiger charge is 2.05. The Morgan fingerprint density at radius 3 is 2.94 bits per heavy atom. The summed E-state index contributed by atoms with van der Waals surface area (Å²) in [4.78, 5) is 11.3. The quantitative estimate of drug-likeness (QED) is 0.744. The van der Waals surface area contributed by atoms with E-state index in [9.17, 15) is 9.18 Å². The minimum atomic E-state index is -0.431. The highest BCUT2D eigenvalue weighted by molar-refractivity contribution is 9.10. The van der Waals surface area contributed by atoms with Crippen molar-refractivity contribution in [1.82, 2.24) is 5.32 Å². The number of aliphatic hydroxyl groups excluding tert-OH is 1. The van der Waals surface area contributed by atoms with Crippen molar-refractivity contribution in [2.45, 2.75) is 6.42 Å². The Morgan fingerprint density at radius 1 is 1.50 bits per heavy atom. The van der Waals surface area contributed by atoms with Gasteiger partial charge in [0, 0.05) is 17.6 Å². The number of nitrogens with one attached hydrogen (secondary N) is 2. The molecule has 2 amide bonds. The van der Waals surface area contributed by atoms with E-state index >= 15 is 0 Å². The van der Waals surface area contributed by atoms with E-state index in [0.717, 1.165) is 0 Å². The van der Waals surface area contributed by atoms with Crippen molar-refractivity contribution in [2.24, 2.45) is 0 Å². The Balaban J connectivity index is 2.52. The fraction of sp³-hybridized carbons (Fsp3) is 0.300. The summed E-state index contributed by atoms with van der Waals surface area (Å²) in [5, 5.41) is 13.5. The van der Waals surface area contributed by atoms with E-state index in [1.54, 1.807) is 0 Å². The molecule has 0 saturated heterocycles. The van der Waals surface area contributed by atoms with E-state index in [0.29, 0.717) is 23.1 Å². The summed E-state index contributed by atoms with van der Waals surface area (Å²) in [6.45, 7) is 0.388. The average molecular weight is 291 g/mol. The molecule has 0 heterocycles. The zero-order valence-electron chi connectivity index (χ0n) is 8.46. The van der Waals surface area contributed by atoms with Gasteiger partial charge in [-0.1, -0.05) is 0 Å². The van der Waals surface area contributed by atoms with Gasteiger partial charge in [0.2, 0.25) is 0 Å². The fourth-order valence-electron chi connectivity index (χ4n) is 1.04. The van der Waals surface area contributed by atoms with Crippen LogP contribution in [0.15, 0.2) is 22.7 Å². The molecule has 0 saturated carbocycles. The fourth-order valence-corrected chi connectivity index (χ4v) is 1.39. The van der Waals surface area contributed by atoms with Crippen LogP contribution >= 0.6 is 15.9 Å². The van der Waals surface area contributed by atoms with Gasteiger partial charge in [-0.3, -0.25) is 0 Å². The topological polar surface area (TPSA) is 61.4 Å². The number of anilines is 1. The highest BCUT2D eigenvalue weighted by Crippen LogP contribution is 2.22. The van der Waals surface area contributed by atoms with E-state index in [1.165, 1.54) is 18.2 Å². The number of hydrogen-bond acceptors (Lipinski definition) is 2. The zero-order valence-corrected chi connectivity index (χ0v) is 10.1. The van der Waals surface area contributed by atoms with Crippen LogP contribution in [0.4, 0.5) is 14.9 Å². The number of urea groups is 1. The molecule has 0 bridgehead atoms. The van der Waals surface area contributed by atoms with Crippen LogP contribution in [0.5, 0.6) is 0 Å². The van der Waals surface area contributed by atoms with E-state index in [4.69, 9.17) is 5.11 Å². The van der Waals surface area contributed by atoms with Crippen molar-refractivity contribution in [3.63, 3.8) is 0 Å². The van der Waals surface area contributed by atoms with Crippen molar-refractivity contribution in [3.8, 4) is 0 Å². The molecule has 16 heavy (non-hydrogen) atoms. The summed E-state index contributed by atoms with van der Waals surface area (Å²) in [7, 11) is 0. The normalized spacial score (nSPS) is 9.94. The first-order chi connectivity index (χ1) is 7.63. The Morgan fingerprint density at radius 2 is 2.25 bits per heavy atom. The smallest absolute Gasteiger partial charge is 0.319 e. The maximum atomic E-state index is 12.9. The molecule has 4 nitrogen and oxygen atoms in total. The molecule has 1 aromatic rings. The van der Waals surface area contributed by atoms with Crippen molar-refractivity contribution in [1.29, 1.82) is 0 Å². The Labute approximate surface area is 101 Å². The van der Waals surface area contributed by atoms with Gasteiger partial charge in [0.15, 0.2) is 0 Å². The first kappa shape index (κ1) is 12.9. The predicted molar refractivity (Wildman–Crippen MR) is 62.8 cm³/mol. The molecule has 0 unspecified atom stereocenters. The van der Waals surface area contributed by atoms with Crippen molar-refractivity contribution in [2.75, 3.05) is 18.5 Å². The first-order valence-corrected chi connectivity index (χ1v) is 5.53. The number of hydrogen-bond donors (Lipinski definition) is 3. The van der Waals surface area contributed by atoms with Crippen molar-refractivity contribution < 1.29 is 14.3 Å². The molecule has 0 fully saturated rings. The number of halogens is 2. The number of carbonyl (C=O) groups is 1. The van der Waals surface area contributed by atoms with Gasteiger partial charge in [-0.05, 0) is 40.5 Å². The van der Waals surface area contributed by atoms with Crippen LogP contribution in [0, 0.1) is 5.82 Å². The summed E-state index contributed by atoms with van der Waals surface area (Å²) < 4.78 is 13.5. The third kappa shape index (κ3) is 4.16. The first-order valence-electron chi connectivity index (χ1n) is 4.74. The third-order valence-corrected chi connectivity index (χ3v) is 2.49. The van der Waals surface area contributed by atoms with Gasteiger partial charge < -0.3 is 15.7 Å². The second kappa shape index (κ2) is 6.44. The third-order valence-electron chi connectivity index (χ3n) is 1.80. The lowest BCUT2D eigenvalue weighted by molar-refractivity contribution is 0.249. The zero-order chi connectivity index (χ0) is 12.0. The number of rotatable bonds is 4. The summed E-state index contributed by atoms with van der Waals surface area (Å²) in [5.41, 5.74) is 0.362. The van der Waals surface area contributed by atoms with Crippen LogP contribution in [0.25, 0.3) is 0 Å². The number of aliphatic hydroxyl groups is 1. The minimum Gasteiger partial charge on any atom is -0.396 e. The average Bonchev–Trinajstić information content (AvgIpc) is 2.24. The lowest BCUT2D eigenvalue weighted by atomic mass is 10.3. The Bertz CT molecular complexity index is 374. The molecular weight excluding hydrogens is 279 g/mol. The second-order valence-corrected chi connectivity index (χ2v) is 3.94. The molecular formula is C10H12BrFN2O2. The molecule has 88 valence electrons.